The zero-order valence-electron chi connectivity index (χ0n) is 18.1. The van der Waals surface area contributed by atoms with Gasteiger partial charge in [0.25, 0.3) is 10.0 Å². The summed E-state index contributed by atoms with van der Waals surface area (Å²) in [6.45, 7) is 5.48. The molecule has 0 unspecified atom stereocenters. The molecule has 1 atom stereocenters. The molecule has 1 amide bonds. The summed E-state index contributed by atoms with van der Waals surface area (Å²) in [5.41, 5.74) is 3.28. The first kappa shape index (κ1) is 22.6. The third-order valence-electron chi connectivity index (χ3n) is 5.41. The lowest BCUT2D eigenvalue weighted by Gasteiger charge is -2.27. The van der Waals surface area contributed by atoms with Crippen molar-refractivity contribution in [1.82, 2.24) is 5.32 Å². The third kappa shape index (κ3) is 5.14. The number of rotatable bonds is 8. The monoisotopic (exact) mass is 436 g/mol. The Bertz CT molecular complexity index is 1130. The molecule has 0 aliphatic heterocycles. The molecule has 0 aromatic heterocycles. The van der Waals surface area contributed by atoms with Crippen molar-refractivity contribution in [1.29, 1.82) is 0 Å². The first-order valence-electron chi connectivity index (χ1n) is 10.3. The summed E-state index contributed by atoms with van der Waals surface area (Å²) in [4.78, 5) is 13.2. The molecule has 6 heteroatoms. The lowest BCUT2D eigenvalue weighted by atomic mass is 10.0. The SMILES string of the molecule is CC[C@@H](NC(=O)CN(c1cccc(C)c1C)S(=O)(=O)c1ccccc1)c1ccccc1. The Balaban J connectivity index is 1.95. The van der Waals surface area contributed by atoms with Gasteiger partial charge in [0, 0.05) is 0 Å². The number of benzene rings is 3. The number of nitrogens with one attached hydrogen (secondary N) is 1. The van der Waals surface area contributed by atoms with Crippen LogP contribution in [0.3, 0.4) is 0 Å². The quantitative estimate of drug-likeness (QED) is 0.553. The van der Waals surface area contributed by atoms with Crippen LogP contribution in [0.5, 0.6) is 0 Å². The molecule has 0 spiro atoms. The number of hydrogen-bond donors (Lipinski definition) is 1. The predicted octanol–water partition coefficient (Wildman–Crippen LogP) is 4.77. The zero-order valence-corrected chi connectivity index (χ0v) is 18.9. The highest BCUT2D eigenvalue weighted by atomic mass is 32.2. The van der Waals surface area contributed by atoms with Crippen LogP contribution < -0.4 is 9.62 Å². The molecule has 0 radical (unpaired) electrons. The normalized spacial score (nSPS) is 12.2. The molecular weight excluding hydrogens is 408 g/mol. The number of amides is 1. The van der Waals surface area contributed by atoms with E-state index in [2.05, 4.69) is 5.32 Å². The van der Waals surface area contributed by atoms with E-state index in [0.717, 1.165) is 16.7 Å². The van der Waals surface area contributed by atoms with Crippen molar-refractivity contribution in [2.45, 2.75) is 38.1 Å². The van der Waals surface area contributed by atoms with E-state index in [1.165, 1.54) is 4.31 Å². The van der Waals surface area contributed by atoms with Crippen molar-refractivity contribution in [3.8, 4) is 0 Å². The maximum atomic E-state index is 13.5. The van der Waals surface area contributed by atoms with Gasteiger partial charge < -0.3 is 5.32 Å². The lowest BCUT2D eigenvalue weighted by Crippen LogP contribution is -2.42. The molecule has 3 rings (SSSR count). The number of sulfonamides is 1. The highest BCUT2D eigenvalue weighted by molar-refractivity contribution is 7.92. The van der Waals surface area contributed by atoms with Crippen LogP contribution in [-0.2, 0) is 14.8 Å². The minimum atomic E-state index is -3.92. The van der Waals surface area contributed by atoms with E-state index >= 15 is 0 Å². The molecule has 0 fully saturated rings. The molecule has 0 saturated heterocycles. The number of carbonyl (C=O) groups is 1. The highest BCUT2D eigenvalue weighted by Gasteiger charge is 2.29. The standard InChI is InChI=1S/C25H28N2O3S/c1-4-23(21-13-7-5-8-14-21)26-25(28)18-27(24-17-11-12-19(2)20(24)3)31(29,30)22-15-9-6-10-16-22/h5-17,23H,4,18H2,1-3H3,(H,26,28)/t23-/m1/s1. The Labute approximate surface area is 184 Å². The molecule has 3 aromatic rings. The molecule has 0 aliphatic carbocycles. The van der Waals surface area contributed by atoms with Crippen LogP contribution in [0.15, 0.2) is 83.8 Å². The van der Waals surface area contributed by atoms with Crippen LogP contribution in [0.4, 0.5) is 5.69 Å². The van der Waals surface area contributed by atoms with Crippen LogP contribution in [0.25, 0.3) is 0 Å². The van der Waals surface area contributed by atoms with Gasteiger partial charge in [-0.25, -0.2) is 8.42 Å². The maximum Gasteiger partial charge on any atom is 0.264 e. The van der Waals surface area contributed by atoms with E-state index in [0.29, 0.717) is 12.1 Å². The minimum Gasteiger partial charge on any atom is -0.348 e. The van der Waals surface area contributed by atoms with E-state index < -0.39 is 10.0 Å². The van der Waals surface area contributed by atoms with Crippen molar-refractivity contribution >= 4 is 21.6 Å². The highest BCUT2D eigenvalue weighted by Crippen LogP contribution is 2.28. The average Bonchev–Trinajstić information content (AvgIpc) is 2.79. The second-order valence-corrected chi connectivity index (χ2v) is 9.35. The van der Waals surface area contributed by atoms with Gasteiger partial charge in [-0.2, -0.15) is 0 Å². The van der Waals surface area contributed by atoms with Gasteiger partial charge in [-0.1, -0.05) is 67.6 Å². The number of anilines is 1. The average molecular weight is 437 g/mol. The first-order chi connectivity index (χ1) is 14.8. The molecule has 3 aromatic carbocycles. The third-order valence-corrected chi connectivity index (χ3v) is 7.18. The second-order valence-electron chi connectivity index (χ2n) is 7.48. The van der Waals surface area contributed by atoms with E-state index in [-0.39, 0.29) is 23.4 Å². The molecule has 0 bridgehead atoms. The second kappa shape index (κ2) is 9.79. The summed E-state index contributed by atoms with van der Waals surface area (Å²) >= 11 is 0. The Morgan fingerprint density at radius 2 is 1.52 bits per heavy atom. The molecule has 162 valence electrons. The van der Waals surface area contributed by atoms with Gasteiger partial charge >= 0.3 is 0 Å². The lowest BCUT2D eigenvalue weighted by molar-refractivity contribution is -0.120. The van der Waals surface area contributed by atoms with Crippen molar-refractivity contribution in [3.63, 3.8) is 0 Å². The van der Waals surface area contributed by atoms with Crippen LogP contribution in [0.1, 0.15) is 36.1 Å². The Morgan fingerprint density at radius 3 is 2.13 bits per heavy atom. The van der Waals surface area contributed by atoms with Gasteiger partial charge in [0.1, 0.15) is 6.54 Å². The number of aryl methyl sites for hydroxylation is 1. The molecule has 1 N–H and O–H groups in total. The van der Waals surface area contributed by atoms with Gasteiger partial charge in [-0.05, 0) is 55.2 Å². The number of carbonyl (C=O) groups excluding carboxylic acids is 1. The number of nitrogens with zero attached hydrogens (tertiary/aromatic N) is 1. The van der Waals surface area contributed by atoms with E-state index in [9.17, 15) is 13.2 Å². The van der Waals surface area contributed by atoms with Gasteiger partial charge in [-0.3, -0.25) is 9.10 Å². The minimum absolute atomic E-state index is 0.152. The predicted molar refractivity (Wildman–Crippen MR) is 125 cm³/mol. The Hall–Kier alpha value is -3.12. The molecule has 0 heterocycles. The summed E-state index contributed by atoms with van der Waals surface area (Å²) in [6.07, 6.45) is 0.699. The van der Waals surface area contributed by atoms with E-state index in [1.807, 2.05) is 63.2 Å². The Morgan fingerprint density at radius 1 is 0.903 bits per heavy atom. The molecular formula is C25H28N2O3S. The molecule has 0 saturated carbocycles. The zero-order chi connectivity index (χ0) is 22.4. The summed E-state index contributed by atoms with van der Waals surface area (Å²) in [5, 5.41) is 3.00. The van der Waals surface area contributed by atoms with Gasteiger partial charge in [0.05, 0.1) is 16.6 Å². The molecule has 31 heavy (non-hydrogen) atoms. The fraction of sp³-hybridized carbons (Fsp3) is 0.240. The van der Waals surface area contributed by atoms with Crippen molar-refractivity contribution in [2.24, 2.45) is 0 Å². The number of hydrogen-bond acceptors (Lipinski definition) is 3. The van der Waals surface area contributed by atoms with Crippen molar-refractivity contribution < 1.29 is 13.2 Å². The smallest absolute Gasteiger partial charge is 0.264 e. The summed E-state index contributed by atoms with van der Waals surface area (Å²) in [5.74, 6) is -0.351. The topological polar surface area (TPSA) is 66.5 Å². The summed E-state index contributed by atoms with van der Waals surface area (Å²) in [6, 6.07) is 23.2. The van der Waals surface area contributed by atoms with Gasteiger partial charge in [-0.15, -0.1) is 0 Å². The van der Waals surface area contributed by atoms with Crippen LogP contribution in [-0.4, -0.2) is 20.9 Å². The maximum absolute atomic E-state index is 13.5. The Kier molecular flexibility index (Phi) is 7.13. The van der Waals surface area contributed by atoms with Gasteiger partial charge in [0.2, 0.25) is 5.91 Å². The van der Waals surface area contributed by atoms with Crippen molar-refractivity contribution in [2.75, 3.05) is 10.8 Å². The largest absolute Gasteiger partial charge is 0.348 e. The van der Waals surface area contributed by atoms with E-state index in [1.54, 1.807) is 36.4 Å². The fourth-order valence-electron chi connectivity index (χ4n) is 3.50. The van der Waals surface area contributed by atoms with Crippen LogP contribution >= 0.6 is 0 Å². The van der Waals surface area contributed by atoms with E-state index in [4.69, 9.17) is 0 Å². The van der Waals surface area contributed by atoms with Crippen LogP contribution in [0.2, 0.25) is 0 Å². The fourth-order valence-corrected chi connectivity index (χ4v) is 5.00. The summed E-state index contributed by atoms with van der Waals surface area (Å²) in [7, 11) is -3.92. The molecule has 5 nitrogen and oxygen atoms in total. The van der Waals surface area contributed by atoms with Crippen molar-refractivity contribution in [3.05, 3.63) is 95.6 Å². The first-order valence-corrected chi connectivity index (χ1v) is 11.8. The van der Waals surface area contributed by atoms with Gasteiger partial charge in [0.15, 0.2) is 0 Å². The molecule has 0 aliphatic rings. The summed E-state index contributed by atoms with van der Waals surface area (Å²) < 4.78 is 28.2. The van der Waals surface area contributed by atoms with Crippen LogP contribution in [0, 0.1) is 13.8 Å².